The van der Waals surface area contributed by atoms with E-state index in [-0.39, 0.29) is 0 Å². The van der Waals surface area contributed by atoms with Gasteiger partial charge >= 0.3 is 0 Å². The van der Waals surface area contributed by atoms with E-state index in [1.54, 1.807) is 0 Å². The second-order valence-corrected chi connectivity index (χ2v) is 6.19. The quantitative estimate of drug-likeness (QED) is 0.0857. The minimum Gasteiger partial charge on any atom is -0.329 e. The van der Waals surface area contributed by atoms with Gasteiger partial charge in [-0.25, -0.2) is 0 Å². The minimum atomic E-state index is 0.597. The molecule has 0 aromatic carbocycles. The fourth-order valence-corrected chi connectivity index (χ4v) is 1.84. The fourth-order valence-electron chi connectivity index (χ4n) is 1.84. The van der Waals surface area contributed by atoms with E-state index in [1.165, 1.54) is 0 Å². The number of hydrogen-bond acceptors (Lipinski definition) is 13. The van der Waals surface area contributed by atoms with Gasteiger partial charge in [-0.2, -0.15) is 0 Å². The Morgan fingerprint density at radius 3 is 0.774 bits per heavy atom. The van der Waals surface area contributed by atoms with E-state index in [4.69, 9.17) is 51.6 Å². The first-order valence-corrected chi connectivity index (χ1v) is 11.2. The number of nitrogens with two attached hydrogens (primary N) is 9. The van der Waals surface area contributed by atoms with Gasteiger partial charge in [0.1, 0.15) is 0 Å². The largest absolute Gasteiger partial charge is 0.329 e. The fraction of sp³-hybridized carbons (Fsp3) is 1.00. The van der Waals surface area contributed by atoms with Crippen LogP contribution in [-0.4, -0.2) is 123 Å². The van der Waals surface area contributed by atoms with Gasteiger partial charge in [0.05, 0.1) is 0 Å². The third-order valence-electron chi connectivity index (χ3n) is 3.27. The zero-order chi connectivity index (χ0) is 24.4. The summed E-state index contributed by atoms with van der Waals surface area (Å²) in [6.45, 7) is 14.2. The summed E-state index contributed by atoms with van der Waals surface area (Å²) in [5.74, 6) is 0. The molecule has 0 aromatic heterocycles. The highest BCUT2D eigenvalue weighted by Gasteiger charge is 1.98. The molecule has 0 unspecified atom stereocenters. The third-order valence-corrected chi connectivity index (χ3v) is 3.27. The van der Waals surface area contributed by atoms with Gasteiger partial charge in [0.15, 0.2) is 0 Å². The van der Waals surface area contributed by atoms with E-state index in [0.717, 1.165) is 58.9 Å². The molecule has 0 aromatic rings. The summed E-state index contributed by atoms with van der Waals surface area (Å²) < 4.78 is 0. The second-order valence-electron chi connectivity index (χ2n) is 6.19. The molecule has 0 aliphatic carbocycles. The third kappa shape index (κ3) is 53.1. The van der Waals surface area contributed by atoms with Crippen molar-refractivity contribution in [2.45, 2.75) is 0 Å². The van der Waals surface area contributed by atoms with Crippen molar-refractivity contribution in [1.29, 1.82) is 0 Å². The van der Waals surface area contributed by atoms with E-state index in [1.807, 2.05) is 0 Å². The average molecular weight is 456 g/mol. The van der Waals surface area contributed by atoms with Crippen LogP contribution in [0, 0.1) is 0 Å². The molecule has 194 valence electrons. The summed E-state index contributed by atoms with van der Waals surface area (Å²) in [4.78, 5) is 2.17. The van der Waals surface area contributed by atoms with Crippen molar-refractivity contribution >= 4 is 0 Å². The van der Waals surface area contributed by atoms with E-state index in [0.29, 0.717) is 58.9 Å². The maximum Gasteiger partial charge on any atom is 0.0106 e. The van der Waals surface area contributed by atoms with Crippen LogP contribution in [0.3, 0.4) is 0 Å². The number of nitrogens with one attached hydrogen (secondary N) is 3. The van der Waals surface area contributed by atoms with Crippen molar-refractivity contribution in [2.24, 2.45) is 51.6 Å². The highest BCUT2D eigenvalue weighted by atomic mass is 15.1. The molecule has 13 nitrogen and oxygen atoms in total. The van der Waals surface area contributed by atoms with E-state index < -0.39 is 0 Å². The molecule has 0 atom stereocenters. The van der Waals surface area contributed by atoms with Crippen LogP contribution in [-0.2, 0) is 0 Å². The average Bonchev–Trinajstić information content (AvgIpc) is 2.78. The zero-order valence-electron chi connectivity index (χ0n) is 19.9. The maximum atomic E-state index is 5.37. The molecule has 0 radical (unpaired) electrons. The van der Waals surface area contributed by atoms with Gasteiger partial charge in [0, 0.05) is 118 Å². The smallest absolute Gasteiger partial charge is 0.0106 e. The molecule has 0 spiro atoms. The molecule has 13 heteroatoms. The summed E-state index contributed by atoms with van der Waals surface area (Å²) in [6, 6.07) is 0. The minimum absolute atomic E-state index is 0.597. The standard InChI is InChI=1S/2C6H18N4.C4H13N3.C2H8N2/c7-1-4-10(5-2-8)6-3-9;7-1-3-9-5-6-10-4-2-8;5-1-3-7-4-2-6;3-1-2-4/h1-9H2;9-10H,1-8H2;7H,1-6H2;1-4H2. The Labute approximate surface area is 190 Å². The van der Waals surface area contributed by atoms with Crippen molar-refractivity contribution in [2.75, 3.05) is 118 Å². The lowest BCUT2D eigenvalue weighted by Gasteiger charge is -2.18. The molecular weight excluding hydrogens is 398 g/mol. The lowest BCUT2D eigenvalue weighted by Crippen LogP contribution is -2.37. The van der Waals surface area contributed by atoms with Gasteiger partial charge in [-0.15, -0.1) is 0 Å². The lowest BCUT2D eigenvalue weighted by atomic mass is 10.4. The van der Waals surface area contributed by atoms with Crippen molar-refractivity contribution in [3.8, 4) is 0 Å². The van der Waals surface area contributed by atoms with Crippen LogP contribution in [0.25, 0.3) is 0 Å². The molecule has 31 heavy (non-hydrogen) atoms. The molecule has 0 aliphatic rings. The summed E-state index contributed by atoms with van der Waals surface area (Å²) in [5.41, 5.74) is 46.8. The van der Waals surface area contributed by atoms with Crippen LogP contribution in [0.1, 0.15) is 0 Å². The molecule has 0 amide bonds. The lowest BCUT2D eigenvalue weighted by molar-refractivity contribution is 0.297. The van der Waals surface area contributed by atoms with Gasteiger partial charge in [0.25, 0.3) is 0 Å². The molecular formula is C18H57N13. The molecule has 0 bridgehead atoms. The number of rotatable bonds is 18. The first-order chi connectivity index (χ1) is 15.1. The topological polar surface area (TPSA) is 274 Å². The van der Waals surface area contributed by atoms with Crippen molar-refractivity contribution in [1.82, 2.24) is 20.9 Å². The predicted octanol–water partition coefficient (Wildman–Crippen LogP) is -6.36. The van der Waals surface area contributed by atoms with Crippen LogP contribution in [0.5, 0.6) is 0 Å². The van der Waals surface area contributed by atoms with Crippen molar-refractivity contribution in [3.63, 3.8) is 0 Å². The Hall–Kier alpha value is -0.520. The summed E-state index contributed by atoms with van der Waals surface area (Å²) in [5, 5.41) is 9.37. The summed E-state index contributed by atoms with van der Waals surface area (Å²) in [7, 11) is 0. The molecule has 0 aliphatic heterocycles. The molecule has 0 fully saturated rings. The Bertz CT molecular complexity index is 222. The van der Waals surface area contributed by atoms with Gasteiger partial charge in [-0.1, -0.05) is 0 Å². The Balaban J connectivity index is -0.000000164. The van der Waals surface area contributed by atoms with E-state index in [9.17, 15) is 0 Å². The van der Waals surface area contributed by atoms with Gasteiger partial charge in [-0.3, -0.25) is 4.90 Å². The highest BCUT2D eigenvalue weighted by molar-refractivity contribution is 4.58. The van der Waals surface area contributed by atoms with Crippen molar-refractivity contribution < 1.29 is 0 Å². The second kappa shape index (κ2) is 43.4. The van der Waals surface area contributed by atoms with E-state index in [2.05, 4.69) is 20.9 Å². The highest BCUT2D eigenvalue weighted by Crippen LogP contribution is 1.81. The Morgan fingerprint density at radius 2 is 0.581 bits per heavy atom. The SMILES string of the molecule is NCCN.NCCN(CCN)CCN.NCCNCCN.NCCNCCNCCN. The first-order valence-electron chi connectivity index (χ1n) is 11.2. The van der Waals surface area contributed by atoms with Crippen LogP contribution in [0.2, 0.25) is 0 Å². The first kappa shape index (κ1) is 37.8. The van der Waals surface area contributed by atoms with Crippen molar-refractivity contribution in [3.05, 3.63) is 0 Å². The van der Waals surface area contributed by atoms with Crippen LogP contribution in [0.15, 0.2) is 0 Å². The number of nitrogens with zero attached hydrogens (tertiary/aromatic N) is 1. The molecule has 0 heterocycles. The van der Waals surface area contributed by atoms with E-state index >= 15 is 0 Å². The molecule has 0 saturated heterocycles. The molecule has 0 saturated carbocycles. The summed E-state index contributed by atoms with van der Waals surface area (Å²) >= 11 is 0. The summed E-state index contributed by atoms with van der Waals surface area (Å²) in [6.07, 6.45) is 0. The van der Waals surface area contributed by atoms with Gasteiger partial charge < -0.3 is 67.6 Å². The van der Waals surface area contributed by atoms with Gasteiger partial charge in [0.2, 0.25) is 0 Å². The number of hydrogen-bond donors (Lipinski definition) is 12. The van der Waals surface area contributed by atoms with Gasteiger partial charge in [-0.05, 0) is 0 Å². The van der Waals surface area contributed by atoms with Crippen LogP contribution in [0.4, 0.5) is 0 Å². The molecule has 21 N–H and O–H groups in total. The monoisotopic (exact) mass is 455 g/mol. The Kier molecular flexibility index (Phi) is 52.9. The zero-order valence-corrected chi connectivity index (χ0v) is 19.9. The van der Waals surface area contributed by atoms with Crippen LogP contribution >= 0.6 is 0 Å². The Morgan fingerprint density at radius 1 is 0.323 bits per heavy atom. The normalized spacial score (nSPS) is 9.87. The molecule has 0 rings (SSSR count). The maximum absolute atomic E-state index is 5.37. The predicted molar refractivity (Wildman–Crippen MR) is 137 cm³/mol. The van der Waals surface area contributed by atoms with Crippen LogP contribution < -0.4 is 67.6 Å².